The Bertz CT molecular complexity index is 1070. The van der Waals surface area contributed by atoms with Crippen LogP contribution < -0.4 is 11.1 Å². The van der Waals surface area contributed by atoms with Gasteiger partial charge < -0.3 is 11.1 Å². The summed E-state index contributed by atoms with van der Waals surface area (Å²) in [7, 11) is 0. The highest BCUT2D eigenvalue weighted by Crippen LogP contribution is 2.32. The zero-order chi connectivity index (χ0) is 17.4. The van der Waals surface area contributed by atoms with E-state index in [0.29, 0.717) is 16.3 Å². The van der Waals surface area contributed by atoms with E-state index in [1.54, 1.807) is 11.3 Å². The van der Waals surface area contributed by atoms with E-state index in [4.69, 9.17) is 5.73 Å². The van der Waals surface area contributed by atoms with Crippen LogP contribution in [-0.4, -0.2) is 5.91 Å². The molecule has 124 valence electrons. The predicted octanol–water partition coefficient (Wildman–Crippen LogP) is 6.23. The van der Waals surface area contributed by atoms with Crippen LogP contribution in [0.3, 0.4) is 0 Å². The molecule has 25 heavy (non-hydrogen) atoms. The fourth-order valence-corrected chi connectivity index (χ4v) is 4.61. The van der Waals surface area contributed by atoms with Gasteiger partial charge in [-0.2, -0.15) is 0 Å². The van der Waals surface area contributed by atoms with Crippen molar-refractivity contribution in [2.24, 2.45) is 0 Å². The molecule has 4 rings (SSSR count). The summed E-state index contributed by atoms with van der Waals surface area (Å²) < 4.78 is 2.08. The lowest BCUT2D eigenvalue weighted by molar-refractivity contribution is 0.103. The van der Waals surface area contributed by atoms with Crippen LogP contribution in [0, 0.1) is 0 Å². The molecule has 3 N–H and O–H groups in total. The van der Waals surface area contributed by atoms with E-state index in [2.05, 4.69) is 21.2 Å². The molecule has 4 aromatic rings. The van der Waals surface area contributed by atoms with Gasteiger partial charge in [-0.15, -0.1) is 22.7 Å². The van der Waals surface area contributed by atoms with E-state index >= 15 is 0 Å². The highest BCUT2D eigenvalue weighted by molar-refractivity contribution is 9.10. The van der Waals surface area contributed by atoms with Crippen LogP contribution in [0.1, 0.15) is 9.67 Å². The fourth-order valence-electron chi connectivity index (χ4n) is 2.57. The number of thiophene rings is 2. The van der Waals surface area contributed by atoms with Gasteiger partial charge in [0.1, 0.15) is 0 Å². The van der Waals surface area contributed by atoms with Gasteiger partial charge in [-0.05, 0) is 58.8 Å². The Hall–Kier alpha value is -2.15. The first kappa shape index (κ1) is 16.3. The van der Waals surface area contributed by atoms with Gasteiger partial charge in [0.2, 0.25) is 0 Å². The van der Waals surface area contributed by atoms with Gasteiger partial charge in [0.15, 0.2) is 0 Å². The Kier molecular flexibility index (Phi) is 4.33. The van der Waals surface area contributed by atoms with Crippen LogP contribution in [0.15, 0.2) is 64.5 Å². The molecule has 0 aliphatic carbocycles. The van der Waals surface area contributed by atoms with Crippen molar-refractivity contribution in [3.63, 3.8) is 0 Å². The second kappa shape index (κ2) is 6.63. The van der Waals surface area contributed by atoms with E-state index in [-0.39, 0.29) is 5.91 Å². The maximum Gasteiger partial charge on any atom is 0.265 e. The molecule has 2 heterocycles. The standard InChI is InChI=1S/C19H13BrN2OS2/c20-13-4-6-17-12(8-13)10-18(25-17)19(23)22-15-9-11(3-5-14(15)21)16-2-1-7-24-16/h1-10H,21H2,(H,22,23). The smallest absolute Gasteiger partial charge is 0.265 e. The largest absolute Gasteiger partial charge is 0.397 e. The predicted molar refractivity (Wildman–Crippen MR) is 112 cm³/mol. The van der Waals surface area contributed by atoms with E-state index in [1.807, 2.05) is 60.0 Å². The average Bonchev–Trinajstić information content (AvgIpc) is 3.25. The number of carbonyl (C=O) groups excluding carboxylic acids is 1. The van der Waals surface area contributed by atoms with Crippen molar-refractivity contribution < 1.29 is 4.79 Å². The molecule has 0 saturated carbocycles. The molecule has 0 fully saturated rings. The Morgan fingerprint density at radius 3 is 2.76 bits per heavy atom. The topological polar surface area (TPSA) is 55.1 Å². The molecule has 0 atom stereocenters. The molecular formula is C19H13BrN2OS2. The lowest BCUT2D eigenvalue weighted by Crippen LogP contribution is -2.11. The molecule has 6 heteroatoms. The summed E-state index contributed by atoms with van der Waals surface area (Å²) in [6.45, 7) is 0. The van der Waals surface area contributed by atoms with Crippen molar-refractivity contribution in [2.75, 3.05) is 11.1 Å². The molecular weight excluding hydrogens is 416 g/mol. The molecule has 2 aromatic carbocycles. The zero-order valence-electron chi connectivity index (χ0n) is 13.0. The van der Waals surface area contributed by atoms with Crippen LogP contribution >= 0.6 is 38.6 Å². The quantitative estimate of drug-likeness (QED) is 0.380. The number of rotatable bonds is 3. The molecule has 0 bridgehead atoms. The number of amides is 1. The van der Waals surface area contributed by atoms with Crippen molar-refractivity contribution in [1.29, 1.82) is 0 Å². The van der Waals surface area contributed by atoms with Crippen molar-refractivity contribution in [1.82, 2.24) is 0 Å². The number of fused-ring (bicyclic) bond motifs is 1. The number of hydrogen-bond donors (Lipinski definition) is 2. The number of nitrogens with two attached hydrogens (primary N) is 1. The van der Waals surface area contributed by atoms with Crippen molar-refractivity contribution in [3.8, 4) is 10.4 Å². The van der Waals surface area contributed by atoms with E-state index in [1.165, 1.54) is 11.3 Å². The number of carbonyl (C=O) groups is 1. The highest BCUT2D eigenvalue weighted by Gasteiger charge is 2.13. The molecule has 0 radical (unpaired) electrons. The van der Waals surface area contributed by atoms with Gasteiger partial charge in [0.25, 0.3) is 5.91 Å². The van der Waals surface area contributed by atoms with Gasteiger partial charge in [-0.25, -0.2) is 0 Å². The lowest BCUT2D eigenvalue weighted by Gasteiger charge is -2.09. The number of benzene rings is 2. The van der Waals surface area contributed by atoms with Gasteiger partial charge >= 0.3 is 0 Å². The first-order valence-electron chi connectivity index (χ1n) is 7.54. The van der Waals surface area contributed by atoms with Crippen LogP contribution in [0.2, 0.25) is 0 Å². The van der Waals surface area contributed by atoms with Crippen molar-refractivity contribution >= 4 is 66.0 Å². The van der Waals surface area contributed by atoms with Crippen LogP contribution in [0.5, 0.6) is 0 Å². The van der Waals surface area contributed by atoms with Gasteiger partial charge in [0.05, 0.1) is 16.3 Å². The number of nitrogen functional groups attached to an aromatic ring is 1. The minimum atomic E-state index is -0.146. The molecule has 3 nitrogen and oxygen atoms in total. The minimum Gasteiger partial charge on any atom is -0.397 e. The second-order valence-corrected chi connectivity index (χ2v) is 8.47. The Morgan fingerprint density at radius 1 is 1.08 bits per heavy atom. The second-order valence-electron chi connectivity index (χ2n) is 5.53. The summed E-state index contributed by atoms with van der Waals surface area (Å²) in [6, 6.07) is 17.7. The highest BCUT2D eigenvalue weighted by atomic mass is 79.9. The monoisotopic (exact) mass is 428 g/mol. The lowest BCUT2D eigenvalue weighted by atomic mass is 10.1. The number of anilines is 2. The summed E-state index contributed by atoms with van der Waals surface area (Å²) in [4.78, 5) is 14.5. The summed E-state index contributed by atoms with van der Waals surface area (Å²) >= 11 is 6.58. The normalized spacial score (nSPS) is 10.9. The molecule has 0 spiro atoms. The van der Waals surface area contributed by atoms with Gasteiger partial charge in [0, 0.05) is 14.0 Å². The van der Waals surface area contributed by atoms with Gasteiger partial charge in [-0.1, -0.05) is 28.1 Å². The number of nitrogens with one attached hydrogen (secondary N) is 1. The molecule has 0 saturated heterocycles. The third-order valence-electron chi connectivity index (χ3n) is 3.81. The number of halogens is 1. The summed E-state index contributed by atoms with van der Waals surface area (Å²) in [5, 5.41) is 6.02. The zero-order valence-corrected chi connectivity index (χ0v) is 16.2. The fraction of sp³-hybridized carbons (Fsp3) is 0. The molecule has 0 unspecified atom stereocenters. The SMILES string of the molecule is Nc1ccc(-c2cccs2)cc1NC(=O)c1cc2cc(Br)ccc2s1. The molecule has 1 amide bonds. The third kappa shape index (κ3) is 3.33. The molecule has 0 aliphatic heterocycles. The van der Waals surface area contributed by atoms with Crippen LogP contribution in [0.4, 0.5) is 11.4 Å². The third-order valence-corrected chi connectivity index (χ3v) is 6.34. The first-order chi connectivity index (χ1) is 12.1. The summed E-state index contributed by atoms with van der Waals surface area (Å²) in [5.41, 5.74) is 8.28. The van der Waals surface area contributed by atoms with Gasteiger partial charge in [-0.3, -0.25) is 4.79 Å². The van der Waals surface area contributed by atoms with E-state index < -0.39 is 0 Å². The summed E-state index contributed by atoms with van der Waals surface area (Å²) in [5.74, 6) is -0.146. The minimum absolute atomic E-state index is 0.146. The Balaban J connectivity index is 1.64. The van der Waals surface area contributed by atoms with Crippen LogP contribution in [0.25, 0.3) is 20.5 Å². The van der Waals surface area contributed by atoms with Crippen molar-refractivity contribution in [3.05, 3.63) is 69.3 Å². The maximum absolute atomic E-state index is 12.7. The average molecular weight is 429 g/mol. The number of hydrogen-bond acceptors (Lipinski definition) is 4. The Morgan fingerprint density at radius 2 is 1.96 bits per heavy atom. The Labute approximate surface area is 161 Å². The first-order valence-corrected chi connectivity index (χ1v) is 10.0. The van der Waals surface area contributed by atoms with Crippen LogP contribution in [-0.2, 0) is 0 Å². The van der Waals surface area contributed by atoms with E-state index in [9.17, 15) is 4.79 Å². The summed E-state index contributed by atoms with van der Waals surface area (Å²) in [6.07, 6.45) is 0. The van der Waals surface area contributed by atoms with E-state index in [0.717, 1.165) is 25.0 Å². The van der Waals surface area contributed by atoms with Crippen molar-refractivity contribution in [2.45, 2.75) is 0 Å². The maximum atomic E-state index is 12.7. The molecule has 0 aliphatic rings. The molecule has 2 aromatic heterocycles.